The molecule has 0 fully saturated rings. The first-order chi connectivity index (χ1) is 8.83. The van der Waals surface area contributed by atoms with Gasteiger partial charge >= 0.3 is 0 Å². The summed E-state index contributed by atoms with van der Waals surface area (Å²) in [5.41, 5.74) is 3.08. The SMILES string of the molecule is Cc1cnn2ccc(NCc3cccnc3)nc12. The van der Waals surface area contributed by atoms with E-state index < -0.39 is 0 Å². The summed E-state index contributed by atoms with van der Waals surface area (Å²) >= 11 is 0. The normalized spacial score (nSPS) is 10.7. The highest BCUT2D eigenvalue weighted by molar-refractivity contribution is 5.50. The lowest BCUT2D eigenvalue weighted by Crippen LogP contribution is -2.03. The molecule has 18 heavy (non-hydrogen) atoms. The summed E-state index contributed by atoms with van der Waals surface area (Å²) in [6.07, 6.45) is 7.33. The third kappa shape index (κ3) is 2.02. The molecule has 5 heteroatoms. The zero-order valence-electron chi connectivity index (χ0n) is 10.0. The van der Waals surface area contributed by atoms with Gasteiger partial charge in [0.25, 0.3) is 0 Å². The number of nitrogens with zero attached hydrogens (tertiary/aromatic N) is 4. The molecule has 5 nitrogen and oxygen atoms in total. The van der Waals surface area contributed by atoms with E-state index in [1.165, 1.54) is 0 Å². The minimum atomic E-state index is 0.712. The van der Waals surface area contributed by atoms with Crippen LogP contribution >= 0.6 is 0 Å². The van der Waals surface area contributed by atoms with Gasteiger partial charge in [-0.2, -0.15) is 5.10 Å². The van der Waals surface area contributed by atoms with Crippen molar-refractivity contribution in [2.75, 3.05) is 5.32 Å². The van der Waals surface area contributed by atoms with Crippen molar-refractivity contribution >= 4 is 11.5 Å². The predicted octanol–water partition coefficient (Wildman–Crippen LogP) is 2.04. The van der Waals surface area contributed by atoms with Gasteiger partial charge in [0.05, 0.1) is 6.20 Å². The maximum absolute atomic E-state index is 4.52. The standard InChI is InChI=1S/C13H13N5/c1-10-7-16-18-6-4-12(17-13(10)18)15-9-11-3-2-5-14-8-11/h2-8H,9H2,1H3,(H,15,17). The Bertz CT molecular complexity index is 659. The number of hydrogen-bond donors (Lipinski definition) is 1. The molecule has 0 saturated heterocycles. The monoisotopic (exact) mass is 239 g/mol. The van der Waals surface area contributed by atoms with E-state index >= 15 is 0 Å². The number of pyridine rings is 1. The quantitative estimate of drug-likeness (QED) is 0.760. The van der Waals surface area contributed by atoms with E-state index in [1.54, 1.807) is 10.7 Å². The topological polar surface area (TPSA) is 55.1 Å². The summed E-state index contributed by atoms with van der Waals surface area (Å²) in [4.78, 5) is 8.60. The van der Waals surface area contributed by atoms with Crippen LogP contribution in [0.25, 0.3) is 5.65 Å². The van der Waals surface area contributed by atoms with Crippen LogP contribution in [0.5, 0.6) is 0 Å². The van der Waals surface area contributed by atoms with Crippen molar-refractivity contribution in [2.24, 2.45) is 0 Å². The van der Waals surface area contributed by atoms with Crippen molar-refractivity contribution < 1.29 is 0 Å². The maximum atomic E-state index is 4.52. The summed E-state index contributed by atoms with van der Waals surface area (Å²) in [5.74, 6) is 0.843. The van der Waals surface area contributed by atoms with E-state index in [0.717, 1.165) is 22.6 Å². The minimum Gasteiger partial charge on any atom is -0.366 e. The Hall–Kier alpha value is -2.43. The fourth-order valence-corrected chi connectivity index (χ4v) is 1.78. The van der Waals surface area contributed by atoms with Crippen LogP contribution in [-0.2, 0) is 6.54 Å². The molecule has 0 amide bonds. The number of hydrogen-bond acceptors (Lipinski definition) is 4. The smallest absolute Gasteiger partial charge is 0.160 e. The Kier molecular flexibility index (Phi) is 2.64. The molecular weight excluding hydrogens is 226 g/mol. The van der Waals surface area contributed by atoms with Crippen LogP contribution in [0.15, 0.2) is 43.0 Å². The molecule has 0 aliphatic heterocycles. The lowest BCUT2D eigenvalue weighted by atomic mass is 10.3. The van der Waals surface area contributed by atoms with Crippen molar-refractivity contribution in [3.8, 4) is 0 Å². The largest absolute Gasteiger partial charge is 0.366 e. The van der Waals surface area contributed by atoms with E-state index in [2.05, 4.69) is 20.4 Å². The average molecular weight is 239 g/mol. The van der Waals surface area contributed by atoms with Crippen LogP contribution in [-0.4, -0.2) is 19.6 Å². The van der Waals surface area contributed by atoms with Gasteiger partial charge in [0.15, 0.2) is 5.65 Å². The van der Waals surface area contributed by atoms with E-state index in [4.69, 9.17) is 0 Å². The van der Waals surface area contributed by atoms with Gasteiger partial charge in [0, 0.05) is 30.7 Å². The molecule has 3 rings (SSSR count). The van der Waals surface area contributed by atoms with Gasteiger partial charge in [0.2, 0.25) is 0 Å². The summed E-state index contributed by atoms with van der Waals surface area (Å²) in [7, 11) is 0. The molecule has 0 spiro atoms. The highest BCUT2D eigenvalue weighted by Gasteiger charge is 2.02. The molecule has 0 radical (unpaired) electrons. The van der Waals surface area contributed by atoms with Crippen LogP contribution < -0.4 is 5.32 Å². The summed E-state index contributed by atoms with van der Waals surface area (Å²) in [5, 5.41) is 7.47. The number of fused-ring (bicyclic) bond motifs is 1. The van der Waals surface area contributed by atoms with Gasteiger partial charge in [-0.05, 0) is 24.6 Å². The van der Waals surface area contributed by atoms with E-state index in [0.29, 0.717) is 6.54 Å². The molecule has 0 atom stereocenters. The van der Waals surface area contributed by atoms with Crippen LogP contribution in [0, 0.1) is 6.92 Å². The van der Waals surface area contributed by atoms with Crippen LogP contribution in [0.4, 0.5) is 5.82 Å². The predicted molar refractivity (Wildman–Crippen MR) is 69.3 cm³/mol. The molecule has 1 N–H and O–H groups in total. The Morgan fingerprint density at radius 2 is 2.22 bits per heavy atom. The lowest BCUT2D eigenvalue weighted by molar-refractivity contribution is 0.936. The van der Waals surface area contributed by atoms with Gasteiger partial charge in [-0.15, -0.1) is 0 Å². The molecule has 90 valence electrons. The fourth-order valence-electron chi connectivity index (χ4n) is 1.78. The Morgan fingerprint density at radius 3 is 3.06 bits per heavy atom. The molecule has 0 aliphatic carbocycles. The van der Waals surface area contributed by atoms with Crippen molar-refractivity contribution in [1.82, 2.24) is 19.6 Å². The Balaban J connectivity index is 1.80. The third-order valence-corrected chi connectivity index (χ3v) is 2.74. The van der Waals surface area contributed by atoms with Crippen molar-refractivity contribution in [2.45, 2.75) is 13.5 Å². The van der Waals surface area contributed by atoms with E-state index in [9.17, 15) is 0 Å². The van der Waals surface area contributed by atoms with Crippen LogP contribution in [0.2, 0.25) is 0 Å². The molecule has 0 aliphatic rings. The number of nitrogens with one attached hydrogen (secondary N) is 1. The molecule has 3 aromatic heterocycles. The summed E-state index contributed by atoms with van der Waals surface area (Å²) in [6, 6.07) is 5.87. The van der Waals surface area contributed by atoms with E-state index in [-0.39, 0.29) is 0 Å². The van der Waals surface area contributed by atoms with Gasteiger partial charge in [-0.1, -0.05) is 6.07 Å². The maximum Gasteiger partial charge on any atom is 0.160 e. The number of aryl methyl sites for hydroxylation is 1. The van der Waals surface area contributed by atoms with Gasteiger partial charge in [0.1, 0.15) is 5.82 Å². The van der Waals surface area contributed by atoms with Gasteiger partial charge in [-0.3, -0.25) is 4.98 Å². The molecule has 0 unspecified atom stereocenters. The van der Waals surface area contributed by atoms with Crippen LogP contribution in [0.1, 0.15) is 11.1 Å². The zero-order valence-corrected chi connectivity index (χ0v) is 10.0. The second kappa shape index (κ2) is 4.44. The molecular formula is C13H13N5. The average Bonchev–Trinajstić information content (AvgIpc) is 2.79. The summed E-state index contributed by atoms with van der Waals surface area (Å²) in [6.45, 7) is 2.71. The van der Waals surface area contributed by atoms with Gasteiger partial charge < -0.3 is 5.32 Å². The lowest BCUT2D eigenvalue weighted by Gasteiger charge is -2.05. The second-order valence-electron chi connectivity index (χ2n) is 4.12. The van der Waals surface area contributed by atoms with Crippen LogP contribution in [0.3, 0.4) is 0 Å². The first kappa shape index (κ1) is 10.7. The van der Waals surface area contributed by atoms with Crippen molar-refractivity contribution in [1.29, 1.82) is 0 Å². The second-order valence-corrected chi connectivity index (χ2v) is 4.12. The molecule has 0 aromatic carbocycles. The Morgan fingerprint density at radius 1 is 1.28 bits per heavy atom. The van der Waals surface area contributed by atoms with Gasteiger partial charge in [-0.25, -0.2) is 9.50 Å². The Labute approximate surface area is 105 Å². The number of rotatable bonds is 3. The summed E-state index contributed by atoms with van der Waals surface area (Å²) < 4.78 is 1.77. The number of anilines is 1. The fraction of sp³-hybridized carbons (Fsp3) is 0.154. The first-order valence-corrected chi connectivity index (χ1v) is 5.77. The zero-order chi connectivity index (χ0) is 12.4. The molecule has 3 heterocycles. The molecule has 3 aromatic rings. The number of aromatic nitrogens is 4. The van der Waals surface area contributed by atoms with E-state index in [1.807, 2.05) is 43.7 Å². The molecule has 0 bridgehead atoms. The highest BCUT2D eigenvalue weighted by atomic mass is 15.2. The van der Waals surface area contributed by atoms with Crippen molar-refractivity contribution in [3.05, 3.63) is 54.1 Å². The minimum absolute atomic E-state index is 0.712. The third-order valence-electron chi connectivity index (χ3n) is 2.74. The highest BCUT2D eigenvalue weighted by Crippen LogP contribution is 2.11. The first-order valence-electron chi connectivity index (χ1n) is 5.77. The van der Waals surface area contributed by atoms with Crippen molar-refractivity contribution in [3.63, 3.8) is 0 Å². The molecule has 0 saturated carbocycles.